The van der Waals surface area contributed by atoms with Crippen LogP contribution in [0.5, 0.6) is 5.75 Å². The molecule has 0 aliphatic carbocycles. The van der Waals surface area contributed by atoms with Crippen molar-refractivity contribution < 1.29 is 39.3 Å². The van der Waals surface area contributed by atoms with Gasteiger partial charge in [0.1, 0.15) is 29.9 Å². The Morgan fingerprint density at radius 2 is 1.50 bits per heavy atom. The summed E-state index contributed by atoms with van der Waals surface area (Å²) in [4.78, 5) is 59.4. The molecule has 4 unspecified atom stereocenters. The summed E-state index contributed by atoms with van der Waals surface area (Å²) in [6, 6.07) is 0.405. The standard InChI is InChI=1S/C19H27N5O8/c1-9(22-17(29)12(20)8-25)16(28)23-13(6-10-2-4-11(26)5-3-10)18(30)24-14(19(31)32)7-15(21)27/h2-5,9,12-14,25-26H,6-8,20H2,1H3,(H2,21,27)(H,22,29)(H,23,28)(H,24,30)(H,31,32). The fraction of sp³-hybridized carbons (Fsp3) is 0.421. The van der Waals surface area contributed by atoms with Gasteiger partial charge in [-0.1, -0.05) is 12.1 Å². The lowest BCUT2D eigenvalue weighted by Crippen LogP contribution is -2.57. The molecule has 0 heterocycles. The third kappa shape index (κ3) is 8.57. The molecule has 0 saturated heterocycles. The van der Waals surface area contributed by atoms with Crippen LogP contribution in [0.3, 0.4) is 0 Å². The van der Waals surface area contributed by atoms with E-state index in [9.17, 15) is 34.2 Å². The molecular weight excluding hydrogens is 426 g/mol. The van der Waals surface area contributed by atoms with E-state index in [0.717, 1.165) is 0 Å². The number of carbonyl (C=O) groups excluding carboxylic acids is 4. The van der Waals surface area contributed by atoms with Crippen LogP contribution in [0.15, 0.2) is 24.3 Å². The maximum Gasteiger partial charge on any atom is 0.326 e. The van der Waals surface area contributed by atoms with Gasteiger partial charge in [0.15, 0.2) is 0 Å². The number of benzene rings is 1. The second kappa shape index (κ2) is 12.2. The van der Waals surface area contributed by atoms with Gasteiger partial charge < -0.3 is 42.7 Å². The summed E-state index contributed by atoms with van der Waals surface area (Å²) < 4.78 is 0. The number of carboxylic acids is 1. The second-order valence-corrected chi connectivity index (χ2v) is 7.02. The number of aliphatic carboxylic acids is 1. The summed E-state index contributed by atoms with van der Waals surface area (Å²) in [5.41, 5.74) is 10.9. The first-order valence-electron chi connectivity index (χ1n) is 9.51. The Morgan fingerprint density at radius 1 is 0.938 bits per heavy atom. The number of nitrogens with two attached hydrogens (primary N) is 2. The van der Waals surface area contributed by atoms with E-state index in [1.54, 1.807) is 0 Å². The molecule has 0 fully saturated rings. The Morgan fingerprint density at radius 3 is 2.00 bits per heavy atom. The molecule has 0 aliphatic heterocycles. The van der Waals surface area contributed by atoms with Crippen LogP contribution in [0.2, 0.25) is 0 Å². The number of primary amides is 1. The fourth-order valence-corrected chi connectivity index (χ4v) is 2.52. The number of rotatable bonds is 12. The summed E-state index contributed by atoms with van der Waals surface area (Å²) in [6.07, 6.45) is -0.760. The minimum Gasteiger partial charge on any atom is -0.508 e. The molecule has 4 amide bonds. The van der Waals surface area contributed by atoms with Gasteiger partial charge in [-0.25, -0.2) is 4.79 Å². The number of carboxylic acid groups (broad SMARTS) is 1. The molecule has 0 bridgehead atoms. The monoisotopic (exact) mass is 453 g/mol. The molecule has 0 aliphatic rings. The highest BCUT2D eigenvalue weighted by Crippen LogP contribution is 2.12. The average Bonchev–Trinajstić information content (AvgIpc) is 2.72. The lowest BCUT2D eigenvalue weighted by Gasteiger charge is -2.23. The third-order valence-corrected chi connectivity index (χ3v) is 4.31. The van der Waals surface area contributed by atoms with Gasteiger partial charge >= 0.3 is 5.97 Å². The van der Waals surface area contributed by atoms with Crippen LogP contribution in [-0.2, 0) is 30.4 Å². The number of nitrogens with one attached hydrogen (secondary N) is 3. The van der Waals surface area contributed by atoms with Gasteiger partial charge in [-0.05, 0) is 24.6 Å². The molecule has 0 aromatic heterocycles. The quantitative estimate of drug-likeness (QED) is 0.158. The fourth-order valence-electron chi connectivity index (χ4n) is 2.52. The van der Waals surface area contributed by atoms with Crippen molar-refractivity contribution in [3.8, 4) is 5.75 Å². The number of amides is 4. The highest BCUT2D eigenvalue weighted by molar-refractivity contribution is 5.94. The number of hydrogen-bond acceptors (Lipinski definition) is 8. The van der Waals surface area contributed by atoms with E-state index in [1.807, 2.05) is 0 Å². The summed E-state index contributed by atoms with van der Waals surface area (Å²) in [5.74, 6) is -4.96. The van der Waals surface area contributed by atoms with Crippen molar-refractivity contribution in [2.75, 3.05) is 6.61 Å². The van der Waals surface area contributed by atoms with Gasteiger partial charge in [0.05, 0.1) is 13.0 Å². The number of aromatic hydroxyl groups is 1. The van der Waals surface area contributed by atoms with E-state index in [4.69, 9.17) is 16.6 Å². The first-order valence-corrected chi connectivity index (χ1v) is 9.51. The van der Waals surface area contributed by atoms with Crippen LogP contribution in [0.1, 0.15) is 18.9 Å². The molecule has 32 heavy (non-hydrogen) atoms. The Labute approximate surface area is 183 Å². The summed E-state index contributed by atoms with van der Waals surface area (Å²) in [7, 11) is 0. The summed E-state index contributed by atoms with van der Waals surface area (Å²) in [5, 5.41) is 34.3. The van der Waals surface area contributed by atoms with Gasteiger partial charge in [-0.2, -0.15) is 0 Å². The molecule has 10 N–H and O–H groups in total. The molecule has 176 valence electrons. The lowest BCUT2D eigenvalue weighted by molar-refractivity contribution is -0.143. The van der Waals surface area contributed by atoms with E-state index < -0.39 is 66.8 Å². The molecule has 1 rings (SSSR count). The summed E-state index contributed by atoms with van der Waals surface area (Å²) >= 11 is 0. The topological polar surface area (TPSA) is 234 Å². The lowest BCUT2D eigenvalue weighted by atomic mass is 10.0. The zero-order valence-electron chi connectivity index (χ0n) is 17.3. The van der Waals surface area contributed by atoms with Crippen LogP contribution in [0.4, 0.5) is 0 Å². The second-order valence-electron chi connectivity index (χ2n) is 7.02. The van der Waals surface area contributed by atoms with Crippen LogP contribution >= 0.6 is 0 Å². The van der Waals surface area contributed by atoms with Crippen LogP contribution < -0.4 is 27.4 Å². The summed E-state index contributed by atoms with van der Waals surface area (Å²) in [6.45, 7) is 0.683. The maximum atomic E-state index is 12.7. The highest BCUT2D eigenvalue weighted by Gasteiger charge is 2.29. The van der Waals surface area contributed by atoms with Gasteiger partial charge in [-0.3, -0.25) is 19.2 Å². The van der Waals surface area contributed by atoms with Crippen molar-refractivity contribution in [2.45, 2.75) is 43.9 Å². The first kappa shape index (κ1) is 26.3. The average molecular weight is 453 g/mol. The van der Waals surface area contributed by atoms with E-state index in [1.165, 1.54) is 31.2 Å². The van der Waals surface area contributed by atoms with Crippen LogP contribution in [-0.4, -0.2) is 75.7 Å². The predicted octanol–water partition coefficient (Wildman–Crippen LogP) is -3.31. The van der Waals surface area contributed by atoms with Gasteiger partial charge in [0.25, 0.3) is 0 Å². The van der Waals surface area contributed by atoms with Crippen molar-refractivity contribution in [3.63, 3.8) is 0 Å². The number of hydrogen-bond donors (Lipinski definition) is 8. The Bertz CT molecular complexity index is 845. The van der Waals surface area contributed by atoms with Gasteiger partial charge in [0, 0.05) is 6.42 Å². The molecule has 13 heteroatoms. The number of phenolic OH excluding ortho intramolecular Hbond substituents is 1. The van der Waals surface area contributed by atoms with Crippen molar-refractivity contribution in [1.29, 1.82) is 0 Å². The number of carbonyl (C=O) groups is 5. The molecule has 1 aromatic carbocycles. The van der Waals surface area contributed by atoms with Gasteiger partial charge in [0.2, 0.25) is 23.6 Å². The Hall–Kier alpha value is -3.71. The number of aliphatic hydroxyl groups is 1. The molecular formula is C19H27N5O8. The van der Waals surface area contributed by atoms with Crippen LogP contribution in [0.25, 0.3) is 0 Å². The molecule has 0 radical (unpaired) electrons. The normalized spacial score (nSPS) is 14.3. The van der Waals surface area contributed by atoms with E-state index in [-0.39, 0.29) is 12.2 Å². The maximum absolute atomic E-state index is 12.7. The molecule has 0 spiro atoms. The SMILES string of the molecule is CC(NC(=O)C(N)CO)C(=O)NC(Cc1ccc(O)cc1)C(=O)NC(CC(N)=O)C(=O)O. The molecule has 0 saturated carbocycles. The van der Waals surface area contributed by atoms with E-state index in [2.05, 4.69) is 16.0 Å². The van der Waals surface area contributed by atoms with E-state index in [0.29, 0.717) is 5.56 Å². The molecule has 1 aromatic rings. The van der Waals surface area contributed by atoms with Crippen molar-refractivity contribution in [3.05, 3.63) is 29.8 Å². The zero-order chi connectivity index (χ0) is 24.4. The first-order chi connectivity index (χ1) is 14.9. The minimum atomic E-state index is -1.61. The Balaban J connectivity index is 3.00. The Kier molecular flexibility index (Phi) is 10.1. The van der Waals surface area contributed by atoms with Crippen molar-refractivity contribution in [2.24, 2.45) is 11.5 Å². The molecule has 13 nitrogen and oxygen atoms in total. The van der Waals surface area contributed by atoms with Crippen molar-refractivity contribution >= 4 is 29.6 Å². The number of phenols is 1. The van der Waals surface area contributed by atoms with Gasteiger partial charge in [-0.15, -0.1) is 0 Å². The molecule has 4 atom stereocenters. The smallest absolute Gasteiger partial charge is 0.326 e. The third-order valence-electron chi connectivity index (χ3n) is 4.31. The van der Waals surface area contributed by atoms with Crippen LogP contribution in [0, 0.1) is 0 Å². The number of aliphatic hydroxyl groups excluding tert-OH is 1. The largest absolute Gasteiger partial charge is 0.508 e. The predicted molar refractivity (Wildman–Crippen MR) is 110 cm³/mol. The minimum absolute atomic E-state index is 0.0252. The van der Waals surface area contributed by atoms with Crippen molar-refractivity contribution in [1.82, 2.24) is 16.0 Å². The zero-order valence-corrected chi connectivity index (χ0v) is 17.3. The highest BCUT2D eigenvalue weighted by atomic mass is 16.4. The van der Waals surface area contributed by atoms with E-state index >= 15 is 0 Å².